The average Bonchev–Trinajstić information content (AvgIpc) is 2.77. The summed E-state index contributed by atoms with van der Waals surface area (Å²) in [6.07, 6.45) is 3.33. The molecule has 0 spiro atoms. The van der Waals surface area contributed by atoms with E-state index in [1.165, 1.54) is 0 Å². The first-order chi connectivity index (χ1) is 11.1. The molecule has 1 N–H and O–H groups in total. The number of amides is 3. The van der Waals surface area contributed by atoms with Crippen molar-refractivity contribution in [3.63, 3.8) is 0 Å². The van der Waals surface area contributed by atoms with E-state index >= 15 is 0 Å². The molecule has 7 nitrogen and oxygen atoms in total. The number of carbonyl (C=O) groups is 3. The minimum absolute atomic E-state index is 0.0222. The molecule has 3 amide bonds. The molecule has 0 aliphatic carbocycles. The summed E-state index contributed by atoms with van der Waals surface area (Å²) in [4.78, 5) is 40.7. The van der Waals surface area contributed by atoms with Crippen molar-refractivity contribution in [1.29, 1.82) is 0 Å². The van der Waals surface area contributed by atoms with E-state index in [4.69, 9.17) is 0 Å². The van der Waals surface area contributed by atoms with Crippen molar-refractivity contribution in [3.8, 4) is 0 Å². The lowest BCUT2D eigenvalue weighted by Crippen LogP contribution is -2.40. The summed E-state index contributed by atoms with van der Waals surface area (Å²) >= 11 is 0. The van der Waals surface area contributed by atoms with Gasteiger partial charge in [0, 0.05) is 59.2 Å². The summed E-state index contributed by atoms with van der Waals surface area (Å²) in [5, 5.41) is 2.92. The SMILES string of the molecule is CC(=O)N1CCCN(CC(=O)NCCCN2CCCC2=O)CC1. The highest BCUT2D eigenvalue weighted by Gasteiger charge is 2.20. The van der Waals surface area contributed by atoms with Gasteiger partial charge >= 0.3 is 0 Å². The lowest BCUT2D eigenvalue weighted by Gasteiger charge is -2.20. The number of likely N-dealkylation sites (tertiary alicyclic amines) is 1. The third-order valence-corrected chi connectivity index (χ3v) is 4.50. The van der Waals surface area contributed by atoms with E-state index < -0.39 is 0 Å². The van der Waals surface area contributed by atoms with E-state index in [1.54, 1.807) is 6.92 Å². The molecule has 0 atom stereocenters. The second-order valence-electron chi connectivity index (χ2n) is 6.32. The van der Waals surface area contributed by atoms with Gasteiger partial charge in [0.2, 0.25) is 17.7 Å². The molecule has 2 aliphatic heterocycles. The highest BCUT2D eigenvalue weighted by atomic mass is 16.2. The Labute approximate surface area is 138 Å². The fourth-order valence-electron chi connectivity index (χ4n) is 3.14. The molecule has 0 aromatic carbocycles. The second-order valence-corrected chi connectivity index (χ2v) is 6.32. The van der Waals surface area contributed by atoms with Gasteiger partial charge in [-0.05, 0) is 19.3 Å². The largest absolute Gasteiger partial charge is 0.355 e. The molecule has 7 heteroatoms. The maximum atomic E-state index is 12.0. The maximum absolute atomic E-state index is 12.0. The topological polar surface area (TPSA) is 73.0 Å². The zero-order chi connectivity index (χ0) is 16.7. The third-order valence-electron chi connectivity index (χ3n) is 4.50. The van der Waals surface area contributed by atoms with Gasteiger partial charge in [0.15, 0.2) is 0 Å². The van der Waals surface area contributed by atoms with Crippen molar-refractivity contribution in [2.45, 2.75) is 32.6 Å². The van der Waals surface area contributed by atoms with Gasteiger partial charge in [0.05, 0.1) is 6.54 Å². The van der Waals surface area contributed by atoms with Gasteiger partial charge in [0.1, 0.15) is 0 Å². The molecule has 0 aromatic rings. The minimum Gasteiger partial charge on any atom is -0.355 e. The molecule has 0 saturated carbocycles. The van der Waals surface area contributed by atoms with Crippen molar-refractivity contribution in [3.05, 3.63) is 0 Å². The zero-order valence-electron chi connectivity index (χ0n) is 14.1. The quantitative estimate of drug-likeness (QED) is 0.679. The van der Waals surface area contributed by atoms with Crippen LogP contribution in [0.25, 0.3) is 0 Å². The lowest BCUT2D eigenvalue weighted by atomic mass is 10.3. The Kier molecular flexibility index (Phi) is 6.83. The van der Waals surface area contributed by atoms with Gasteiger partial charge < -0.3 is 15.1 Å². The number of hydrogen-bond donors (Lipinski definition) is 1. The Morgan fingerprint density at radius 2 is 1.91 bits per heavy atom. The van der Waals surface area contributed by atoms with Crippen LogP contribution in [0.4, 0.5) is 0 Å². The van der Waals surface area contributed by atoms with E-state index in [0.717, 1.165) is 52.0 Å². The van der Waals surface area contributed by atoms with E-state index in [2.05, 4.69) is 10.2 Å². The van der Waals surface area contributed by atoms with Gasteiger partial charge in [-0.25, -0.2) is 0 Å². The maximum Gasteiger partial charge on any atom is 0.234 e. The molecule has 2 aliphatic rings. The fourth-order valence-corrected chi connectivity index (χ4v) is 3.14. The molecule has 0 radical (unpaired) electrons. The Morgan fingerprint density at radius 1 is 1.09 bits per heavy atom. The van der Waals surface area contributed by atoms with Crippen LogP contribution in [0.1, 0.15) is 32.6 Å². The summed E-state index contributed by atoms with van der Waals surface area (Å²) in [6, 6.07) is 0. The van der Waals surface area contributed by atoms with Gasteiger partial charge in [0.25, 0.3) is 0 Å². The van der Waals surface area contributed by atoms with E-state index in [9.17, 15) is 14.4 Å². The predicted octanol–water partition coefficient (Wildman–Crippen LogP) is -0.331. The van der Waals surface area contributed by atoms with Gasteiger partial charge in [-0.3, -0.25) is 19.3 Å². The predicted molar refractivity (Wildman–Crippen MR) is 86.8 cm³/mol. The van der Waals surface area contributed by atoms with Gasteiger partial charge in [-0.2, -0.15) is 0 Å². The number of hydrogen-bond acceptors (Lipinski definition) is 4. The third kappa shape index (κ3) is 5.82. The highest BCUT2D eigenvalue weighted by Crippen LogP contribution is 2.09. The monoisotopic (exact) mass is 324 g/mol. The fraction of sp³-hybridized carbons (Fsp3) is 0.812. The van der Waals surface area contributed by atoms with Gasteiger partial charge in [-0.15, -0.1) is 0 Å². The summed E-state index contributed by atoms with van der Waals surface area (Å²) < 4.78 is 0. The molecular formula is C16H28N4O3. The van der Waals surface area contributed by atoms with Crippen molar-refractivity contribution in [1.82, 2.24) is 20.0 Å². The number of rotatable bonds is 6. The van der Waals surface area contributed by atoms with Crippen LogP contribution in [0, 0.1) is 0 Å². The Balaban J connectivity index is 1.59. The standard InChI is InChI=1S/C16H28N4O3/c1-14(21)19-10-4-7-18(11-12-19)13-15(22)17-6-3-9-20-8-2-5-16(20)23/h2-13H2,1H3,(H,17,22). The molecule has 0 bridgehead atoms. The molecular weight excluding hydrogens is 296 g/mol. The molecule has 23 heavy (non-hydrogen) atoms. The average molecular weight is 324 g/mol. The molecule has 2 saturated heterocycles. The molecule has 2 rings (SSSR count). The van der Waals surface area contributed by atoms with Crippen molar-refractivity contribution in [2.24, 2.45) is 0 Å². The van der Waals surface area contributed by atoms with Crippen LogP contribution in [0.3, 0.4) is 0 Å². The molecule has 2 fully saturated rings. The number of nitrogens with one attached hydrogen (secondary N) is 1. The van der Waals surface area contributed by atoms with Crippen LogP contribution < -0.4 is 5.32 Å². The normalized spacial score (nSPS) is 19.8. The van der Waals surface area contributed by atoms with E-state index in [1.807, 2.05) is 9.80 Å². The zero-order valence-corrected chi connectivity index (χ0v) is 14.1. The first-order valence-corrected chi connectivity index (χ1v) is 8.58. The smallest absolute Gasteiger partial charge is 0.234 e. The van der Waals surface area contributed by atoms with Crippen LogP contribution in [0.2, 0.25) is 0 Å². The molecule has 0 unspecified atom stereocenters. The summed E-state index contributed by atoms with van der Waals surface area (Å²) in [5.74, 6) is 0.359. The number of carbonyl (C=O) groups excluding carboxylic acids is 3. The summed E-state index contributed by atoms with van der Waals surface area (Å²) in [7, 11) is 0. The van der Waals surface area contributed by atoms with Crippen LogP contribution in [-0.2, 0) is 14.4 Å². The molecule has 130 valence electrons. The molecule has 2 heterocycles. The van der Waals surface area contributed by atoms with Crippen LogP contribution in [-0.4, -0.2) is 84.8 Å². The number of nitrogens with zero attached hydrogens (tertiary/aromatic N) is 3. The van der Waals surface area contributed by atoms with E-state index in [0.29, 0.717) is 26.1 Å². The van der Waals surface area contributed by atoms with Crippen molar-refractivity contribution < 1.29 is 14.4 Å². The highest BCUT2D eigenvalue weighted by molar-refractivity contribution is 5.78. The first kappa shape index (κ1) is 17.7. The van der Waals surface area contributed by atoms with Crippen LogP contribution in [0.5, 0.6) is 0 Å². The summed E-state index contributed by atoms with van der Waals surface area (Å²) in [5.41, 5.74) is 0. The Bertz CT molecular complexity index is 441. The Hall–Kier alpha value is -1.63. The molecule has 0 aromatic heterocycles. The minimum atomic E-state index is 0.0222. The first-order valence-electron chi connectivity index (χ1n) is 8.58. The lowest BCUT2D eigenvalue weighted by molar-refractivity contribution is -0.129. The summed E-state index contributed by atoms with van der Waals surface area (Å²) in [6.45, 7) is 7.23. The van der Waals surface area contributed by atoms with Crippen molar-refractivity contribution in [2.75, 3.05) is 52.4 Å². The second kappa shape index (κ2) is 8.86. The van der Waals surface area contributed by atoms with Crippen LogP contribution in [0.15, 0.2) is 0 Å². The van der Waals surface area contributed by atoms with E-state index in [-0.39, 0.29) is 17.7 Å². The van der Waals surface area contributed by atoms with Crippen LogP contribution >= 0.6 is 0 Å². The van der Waals surface area contributed by atoms with Crippen molar-refractivity contribution >= 4 is 17.7 Å². The Morgan fingerprint density at radius 3 is 2.61 bits per heavy atom. The van der Waals surface area contributed by atoms with Gasteiger partial charge in [-0.1, -0.05) is 0 Å².